The molecular formula is C20H44N2O2Si2. The molecule has 4 nitrogen and oxygen atoms in total. The third-order valence-corrected chi connectivity index (χ3v) is 11.2. The summed E-state index contributed by atoms with van der Waals surface area (Å²) in [5.41, 5.74) is 1.73. The Morgan fingerprint density at radius 3 is 2.12 bits per heavy atom. The van der Waals surface area contributed by atoms with Crippen LogP contribution >= 0.6 is 0 Å². The van der Waals surface area contributed by atoms with Crippen molar-refractivity contribution in [1.29, 1.82) is 0 Å². The summed E-state index contributed by atoms with van der Waals surface area (Å²) in [7, 11) is -3.46. The minimum Gasteiger partial charge on any atom is -0.418 e. The predicted molar refractivity (Wildman–Crippen MR) is 122 cm³/mol. The number of hydrogen-bond acceptors (Lipinski definition) is 4. The largest absolute Gasteiger partial charge is 0.418 e. The summed E-state index contributed by atoms with van der Waals surface area (Å²) in [6.45, 7) is 22.4. The predicted octanol–water partition coefficient (Wildman–Crippen LogP) is 5.95. The molecule has 154 valence electrons. The minimum atomic E-state index is -1.85. The van der Waals surface area contributed by atoms with Gasteiger partial charge >= 0.3 is 0 Å². The average molecular weight is 401 g/mol. The van der Waals surface area contributed by atoms with Crippen LogP contribution in [0.2, 0.25) is 37.8 Å². The standard InChI is InChI=1S/C20H44N2O2Si2/c1-10-18(5)22-19(15-17-25(6,7)23-12-3)20(14-16-21-11-2)26(8,9)24-13-4/h11,19-20H,10,12-17H2,1-9H3. The number of rotatable bonds is 14. The summed E-state index contributed by atoms with van der Waals surface area (Å²) in [5.74, 6) is 0. The van der Waals surface area contributed by atoms with Gasteiger partial charge in [-0.3, -0.25) is 9.98 Å². The third kappa shape index (κ3) is 10.1. The highest BCUT2D eigenvalue weighted by molar-refractivity contribution is 6.73. The molecule has 0 amide bonds. The molecule has 0 aliphatic rings. The molecular weight excluding hydrogens is 356 g/mol. The van der Waals surface area contributed by atoms with Gasteiger partial charge in [-0.25, -0.2) is 0 Å². The molecule has 0 aliphatic heterocycles. The highest BCUT2D eigenvalue weighted by atomic mass is 28.4. The van der Waals surface area contributed by atoms with Gasteiger partial charge in [0.2, 0.25) is 0 Å². The van der Waals surface area contributed by atoms with Gasteiger partial charge < -0.3 is 8.85 Å². The number of hydrogen-bond donors (Lipinski definition) is 0. The van der Waals surface area contributed by atoms with E-state index in [1.54, 1.807) is 0 Å². The lowest BCUT2D eigenvalue weighted by atomic mass is 10.1. The second-order valence-electron chi connectivity index (χ2n) is 8.11. The van der Waals surface area contributed by atoms with E-state index in [4.69, 9.17) is 13.8 Å². The van der Waals surface area contributed by atoms with Gasteiger partial charge in [0.15, 0.2) is 16.6 Å². The van der Waals surface area contributed by atoms with E-state index in [1.165, 1.54) is 5.71 Å². The first-order valence-electron chi connectivity index (χ1n) is 10.4. The fourth-order valence-corrected chi connectivity index (χ4v) is 8.38. The van der Waals surface area contributed by atoms with Crippen molar-refractivity contribution in [2.24, 2.45) is 9.98 Å². The Bertz CT molecular complexity index is 438. The van der Waals surface area contributed by atoms with Crippen molar-refractivity contribution >= 4 is 28.6 Å². The summed E-state index contributed by atoms with van der Waals surface area (Å²) in [6.07, 6.45) is 5.08. The molecule has 0 fully saturated rings. The molecule has 0 N–H and O–H groups in total. The molecule has 0 aromatic rings. The molecule has 0 rings (SSSR count). The lowest BCUT2D eigenvalue weighted by molar-refractivity contribution is 0.306. The Morgan fingerprint density at radius 1 is 1.00 bits per heavy atom. The van der Waals surface area contributed by atoms with Crippen LogP contribution in [0.4, 0.5) is 0 Å². The van der Waals surface area contributed by atoms with Crippen molar-refractivity contribution in [2.45, 2.75) is 97.7 Å². The maximum Gasteiger partial charge on any atom is 0.191 e. The van der Waals surface area contributed by atoms with Gasteiger partial charge in [-0.2, -0.15) is 0 Å². The van der Waals surface area contributed by atoms with E-state index in [0.717, 1.165) is 45.1 Å². The van der Waals surface area contributed by atoms with Crippen LogP contribution in [0.15, 0.2) is 9.98 Å². The Hall–Kier alpha value is -0.306. The molecule has 0 spiro atoms. The maximum atomic E-state index is 6.30. The Labute approximate surface area is 165 Å². The Morgan fingerprint density at radius 2 is 1.62 bits per heavy atom. The monoisotopic (exact) mass is 400 g/mol. The topological polar surface area (TPSA) is 43.2 Å². The van der Waals surface area contributed by atoms with E-state index in [1.807, 2.05) is 13.1 Å². The van der Waals surface area contributed by atoms with Crippen LogP contribution in [0.25, 0.3) is 0 Å². The van der Waals surface area contributed by atoms with Gasteiger partial charge in [0.1, 0.15) is 0 Å². The fraction of sp³-hybridized carbons (Fsp3) is 0.900. The molecule has 0 radical (unpaired) electrons. The van der Waals surface area contributed by atoms with E-state index in [9.17, 15) is 0 Å². The van der Waals surface area contributed by atoms with Crippen molar-refractivity contribution < 1.29 is 8.85 Å². The maximum absolute atomic E-state index is 6.30. The molecule has 2 atom stereocenters. The molecule has 0 saturated carbocycles. The first-order valence-corrected chi connectivity index (χ1v) is 16.5. The number of aliphatic imine (C=N–C) groups is 2. The van der Waals surface area contributed by atoms with Crippen LogP contribution in [-0.4, -0.2) is 54.4 Å². The zero-order chi connectivity index (χ0) is 20.2. The highest BCUT2D eigenvalue weighted by Gasteiger charge is 2.39. The van der Waals surface area contributed by atoms with Crippen LogP contribution in [0.5, 0.6) is 0 Å². The van der Waals surface area contributed by atoms with Gasteiger partial charge in [-0.15, -0.1) is 0 Å². The second kappa shape index (κ2) is 13.0. The summed E-state index contributed by atoms with van der Waals surface area (Å²) in [4.78, 5) is 9.65. The summed E-state index contributed by atoms with van der Waals surface area (Å²) in [6, 6.07) is 1.47. The summed E-state index contributed by atoms with van der Waals surface area (Å²) >= 11 is 0. The Kier molecular flexibility index (Phi) is 12.8. The van der Waals surface area contributed by atoms with Gasteiger partial charge in [-0.1, -0.05) is 6.92 Å². The van der Waals surface area contributed by atoms with Gasteiger partial charge in [0.25, 0.3) is 0 Å². The molecule has 0 aliphatic carbocycles. The van der Waals surface area contributed by atoms with Crippen LogP contribution in [0.1, 0.15) is 53.9 Å². The minimum absolute atomic E-state index is 0.322. The van der Waals surface area contributed by atoms with Crippen molar-refractivity contribution in [3.63, 3.8) is 0 Å². The van der Waals surface area contributed by atoms with E-state index < -0.39 is 16.6 Å². The van der Waals surface area contributed by atoms with Crippen LogP contribution < -0.4 is 0 Å². The normalized spacial score (nSPS) is 16.3. The quantitative estimate of drug-likeness (QED) is 0.267. The Balaban J connectivity index is 5.55. The average Bonchev–Trinajstić information content (AvgIpc) is 2.55. The van der Waals surface area contributed by atoms with Gasteiger partial charge in [0, 0.05) is 31.0 Å². The first-order chi connectivity index (χ1) is 12.1. The number of nitrogens with zero attached hydrogens (tertiary/aromatic N) is 2. The first kappa shape index (κ1) is 25.7. The lowest BCUT2D eigenvalue weighted by Gasteiger charge is -2.37. The van der Waals surface area contributed by atoms with E-state index in [0.29, 0.717) is 11.6 Å². The van der Waals surface area contributed by atoms with Crippen molar-refractivity contribution in [2.75, 3.05) is 19.8 Å². The lowest BCUT2D eigenvalue weighted by Crippen LogP contribution is -2.43. The molecule has 0 aromatic carbocycles. The van der Waals surface area contributed by atoms with Gasteiger partial charge in [-0.05, 0) is 85.4 Å². The molecule has 2 unspecified atom stereocenters. The zero-order valence-electron chi connectivity index (χ0n) is 18.9. The van der Waals surface area contributed by atoms with Crippen molar-refractivity contribution in [3.05, 3.63) is 0 Å². The zero-order valence-corrected chi connectivity index (χ0v) is 20.9. The van der Waals surface area contributed by atoms with Crippen molar-refractivity contribution in [3.8, 4) is 0 Å². The molecule has 0 saturated heterocycles. The van der Waals surface area contributed by atoms with Crippen LogP contribution in [-0.2, 0) is 8.85 Å². The summed E-state index contributed by atoms with van der Waals surface area (Å²) < 4.78 is 12.4. The van der Waals surface area contributed by atoms with E-state index in [2.05, 4.69) is 58.9 Å². The van der Waals surface area contributed by atoms with E-state index in [-0.39, 0.29) is 0 Å². The van der Waals surface area contributed by atoms with E-state index >= 15 is 0 Å². The molecule has 0 aromatic heterocycles. The van der Waals surface area contributed by atoms with Crippen molar-refractivity contribution in [1.82, 2.24) is 0 Å². The fourth-order valence-electron chi connectivity index (χ4n) is 3.51. The second-order valence-corrected chi connectivity index (χ2v) is 16.7. The van der Waals surface area contributed by atoms with Crippen LogP contribution in [0.3, 0.4) is 0 Å². The smallest absolute Gasteiger partial charge is 0.191 e. The highest BCUT2D eigenvalue weighted by Crippen LogP contribution is 2.36. The molecule has 6 heteroatoms. The third-order valence-electron chi connectivity index (χ3n) is 5.10. The molecule has 0 bridgehead atoms. The van der Waals surface area contributed by atoms with Gasteiger partial charge in [0.05, 0.1) is 6.04 Å². The van der Waals surface area contributed by atoms with Crippen LogP contribution in [0, 0.1) is 0 Å². The molecule has 0 heterocycles. The SMILES string of the molecule is CC=NCCC(C(CC[Si](C)(C)OCC)N=C(C)CC)[Si](C)(C)OCC. The summed E-state index contributed by atoms with van der Waals surface area (Å²) in [5, 5.41) is 0. The molecule has 26 heavy (non-hydrogen) atoms.